The van der Waals surface area contributed by atoms with Crippen LogP contribution in [0.1, 0.15) is 21.5 Å². The van der Waals surface area contributed by atoms with E-state index < -0.39 is 17.6 Å². The Balaban J connectivity index is 1.48. The van der Waals surface area contributed by atoms with Crippen molar-refractivity contribution in [1.29, 1.82) is 0 Å². The number of alkyl halides is 3. The lowest BCUT2D eigenvalue weighted by Gasteiger charge is -2.32. The highest BCUT2D eigenvalue weighted by atomic mass is 19.4. The first kappa shape index (κ1) is 24.0. The molecule has 0 saturated carbocycles. The van der Waals surface area contributed by atoms with Gasteiger partial charge in [0.05, 0.1) is 16.6 Å². The minimum absolute atomic E-state index is 0.0905. The van der Waals surface area contributed by atoms with E-state index in [9.17, 15) is 18.0 Å². The summed E-state index contributed by atoms with van der Waals surface area (Å²) in [6.45, 7) is 4.83. The quantitative estimate of drug-likeness (QED) is 0.423. The van der Waals surface area contributed by atoms with E-state index in [4.69, 9.17) is 0 Å². The number of fused-ring (bicyclic) bond motifs is 1. The van der Waals surface area contributed by atoms with Crippen LogP contribution in [0.5, 0.6) is 0 Å². The summed E-state index contributed by atoms with van der Waals surface area (Å²) in [5.41, 5.74) is 2.42. The van der Waals surface area contributed by atoms with Crippen molar-refractivity contribution in [2.24, 2.45) is 0 Å². The number of anilines is 1. The number of nitrogens with one attached hydrogen (secondary N) is 1. The van der Waals surface area contributed by atoms with Gasteiger partial charge in [0.2, 0.25) is 5.95 Å². The molecule has 9 heteroatoms. The van der Waals surface area contributed by atoms with Gasteiger partial charge in [-0.15, -0.1) is 0 Å². The molecular weight excluding hydrogens is 467 g/mol. The summed E-state index contributed by atoms with van der Waals surface area (Å²) >= 11 is 0. The van der Waals surface area contributed by atoms with Gasteiger partial charge >= 0.3 is 6.18 Å². The van der Waals surface area contributed by atoms with Crippen LogP contribution in [0.2, 0.25) is 0 Å². The summed E-state index contributed by atoms with van der Waals surface area (Å²) in [4.78, 5) is 22.3. The fraction of sp³-hybridized carbons (Fsp3) is 0.259. The summed E-state index contributed by atoms with van der Waals surface area (Å²) in [5.74, 6) is -0.415. The molecule has 1 aliphatic heterocycles. The highest BCUT2D eigenvalue weighted by Gasteiger charge is 2.31. The van der Waals surface area contributed by atoms with Gasteiger partial charge in [-0.25, -0.2) is 4.98 Å². The highest BCUT2D eigenvalue weighted by Crippen LogP contribution is 2.30. The molecule has 1 N–H and O–H groups in total. The topological polar surface area (TPSA) is 53.4 Å². The van der Waals surface area contributed by atoms with Crippen molar-refractivity contribution in [3.8, 4) is 5.69 Å². The van der Waals surface area contributed by atoms with Crippen LogP contribution in [0.4, 0.5) is 19.1 Å². The van der Waals surface area contributed by atoms with E-state index in [1.807, 2.05) is 42.5 Å². The number of imidazole rings is 1. The number of benzene rings is 3. The molecule has 0 bridgehead atoms. The number of amides is 1. The molecule has 1 aromatic heterocycles. The molecule has 36 heavy (non-hydrogen) atoms. The first-order valence-electron chi connectivity index (χ1n) is 11.7. The molecule has 6 nitrogen and oxygen atoms in total. The van der Waals surface area contributed by atoms with Crippen molar-refractivity contribution in [2.75, 3.05) is 38.5 Å². The highest BCUT2D eigenvalue weighted by molar-refractivity contribution is 6.04. The zero-order valence-electron chi connectivity index (χ0n) is 19.8. The Morgan fingerprint density at radius 3 is 2.42 bits per heavy atom. The van der Waals surface area contributed by atoms with Crippen molar-refractivity contribution < 1.29 is 18.0 Å². The lowest BCUT2D eigenvalue weighted by molar-refractivity contribution is -0.137. The number of carbonyl (C=O) groups excluding carboxylic acids is 1. The molecular formula is C27H26F3N5O. The number of likely N-dealkylation sites (N-methyl/N-ethyl adjacent to an activating group) is 1. The average Bonchev–Trinajstić information content (AvgIpc) is 3.22. The van der Waals surface area contributed by atoms with Gasteiger partial charge in [0, 0.05) is 44.0 Å². The van der Waals surface area contributed by atoms with Crippen LogP contribution in [0, 0.1) is 0 Å². The molecule has 0 spiro atoms. The smallest absolute Gasteiger partial charge is 0.304 e. The molecule has 1 saturated heterocycles. The van der Waals surface area contributed by atoms with Crippen LogP contribution >= 0.6 is 0 Å². The Kier molecular flexibility index (Phi) is 6.51. The minimum Gasteiger partial charge on any atom is -0.304 e. The number of piperazine rings is 1. The number of hydrogen-bond acceptors (Lipinski definition) is 4. The maximum absolute atomic E-state index is 13.2. The first-order valence-corrected chi connectivity index (χ1v) is 11.7. The van der Waals surface area contributed by atoms with Crippen molar-refractivity contribution in [3.63, 3.8) is 0 Å². The maximum atomic E-state index is 13.2. The number of aromatic nitrogens is 2. The fourth-order valence-corrected chi connectivity index (χ4v) is 4.42. The number of para-hydroxylation sites is 1. The summed E-state index contributed by atoms with van der Waals surface area (Å²) < 4.78 is 41.3. The number of nitrogens with zero attached hydrogens (tertiary/aromatic N) is 4. The van der Waals surface area contributed by atoms with Crippen molar-refractivity contribution >= 4 is 22.9 Å². The van der Waals surface area contributed by atoms with Gasteiger partial charge in [0.25, 0.3) is 5.91 Å². The van der Waals surface area contributed by atoms with E-state index in [0.717, 1.165) is 61.6 Å². The lowest BCUT2D eigenvalue weighted by atomic mass is 10.1. The maximum Gasteiger partial charge on any atom is 0.416 e. The molecule has 0 radical (unpaired) electrons. The summed E-state index contributed by atoms with van der Waals surface area (Å²) in [7, 11) is 2.12. The number of halogens is 3. The third-order valence-corrected chi connectivity index (χ3v) is 6.41. The zero-order chi connectivity index (χ0) is 25.3. The standard InChI is InChI=1S/C27H26F3N5O/c1-33-12-14-34(15-13-33)18-19-10-11-24-23(16-19)31-26(35(24)22-8-3-2-4-9-22)32-25(36)20-6-5-7-21(17-20)27(28,29)30/h2-11,16-17H,12-15,18H2,1H3,(H,31,32,36). The van der Waals surface area contributed by atoms with Crippen LogP contribution in [-0.4, -0.2) is 58.5 Å². The first-order chi connectivity index (χ1) is 17.3. The Hall–Kier alpha value is -3.69. The fourth-order valence-electron chi connectivity index (χ4n) is 4.42. The largest absolute Gasteiger partial charge is 0.416 e. The molecule has 2 heterocycles. The van der Waals surface area contributed by atoms with Crippen LogP contribution in [-0.2, 0) is 12.7 Å². The summed E-state index contributed by atoms with van der Waals surface area (Å²) in [6.07, 6.45) is -4.53. The Morgan fingerprint density at radius 2 is 1.69 bits per heavy atom. The molecule has 3 aromatic carbocycles. The molecule has 5 rings (SSSR count). The summed E-state index contributed by atoms with van der Waals surface area (Å²) in [5, 5.41) is 2.73. The lowest BCUT2D eigenvalue weighted by Crippen LogP contribution is -2.43. The molecule has 0 unspecified atom stereocenters. The normalized spacial score (nSPS) is 15.3. The zero-order valence-corrected chi connectivity index (χ0v) is 19.8. The second-order valence-corrected chi connectivity index (χ2v) is 9.04. The molecule has 0 aliphatic carbocycles. The molecule has 1 aliphatic rings. The van der Waals surface area contributed by atoms with E-state index in [1.165, 1.54) is 12.1 Å². The van der Waals surface area contributed by atoms with Gasteiger partial charge in [-0.3, -0.25) is 19.6 Å². The third kappa shape index (κ3) is 5.12. The third-order valence-electron chi connectivity index (χ3n) is 6.41. The second kappa shape index (κ2) is 9.75. The van der Waals surface area contributed by atoms with E-state index in [1.54, 1.807) is 4.57 Å². The van der Waals surface area contributed by atoms with Crippen molar-refractivity contribution in [1.82, 2.24) is 19.4 Å². The Labute approximate surface area is 207 Å². The number of hydrogen-bond donors (Lipinski definition) is 1. The summed E-state index contributed by atoms with van der Waals surface area (Å²) in [6, 6.07) is 19.8. The van der Waals surface area contributed by atoms with Gasteiger partial charge in [-0.1, -0.05) is 30.3 Å². The monoisotopic (exact) mass is 493 g/mol. The average molecular weight is 494 g/mol. The van der Waals surface area contributed by atoms with E-state index in [0.29, 0.717) is 5.52 Å². The predicted octanol–water partition coefficient (Wildman–Crippen LogP) is 5.04. The SMILES string of the molecule is CN1CCN(Cc2ccc3c(c2)nc(NC(=O)c2cccc(C(F)(F)F)c2)n3-c2ccccc2)CC1. The molecule has 0 atom stereocenters. The van der Waals surface area contributed by atoms with E-state index in [2.05, 4.69) is 33.2 Å². The molecule has 186 valence electrons. The van der Waals surface area contributed by atoms with E-state index in [-0.39, 0.29) is 11.5 Å². The van der Waals surface area contributed by atoms with Crippen LogP contribution < -0.4 is 5.32 Å². The number of carbonyl (C=O) groups is 1. The molecule has 4 aromatic rings. The van der Waals surface area contributed by atoms with Gasteiger partial charge < -0.3 is 4.90 Å². The van der Waals surface area contributed by atoms with Crippen LogP contribution in [0.3, 0.4) is 0 Å². The predicted molar refractivity (Wildman–Crippen MR) is 133 cm³/mol. The van der Waals surface area contributed by atoms with Crippen LogP contribution in [0.15, 0.2) is 72.8 Å². The van der Waals surface area contributed by atoms with Gasteiger partial charge in [0.15, 0.2) is 0 Å². The minimum atomic E-state index is -4.53. The number of rotatable bonds is 5. The van der Waals surface area contributed by atoms with Crippen molar-refractivity contribution in [3.05, 3.63) is 89.5 Å². The van der Waals surface area contributed by atoms with E-state index >= 15 is 0 Å². The van der Waals surface area contributed by atoms with Crippen LogP contribution in [0.25, 0.3) is 16.7 Å². The Morgan fingerprint density at radius 1 is 0.944 bits per heavy atom. The van der Waals surface area contributed by atoms with Gasteiger partial charge in [0.1, 0.15) is 0 Å². The molecule has 1 amide bonds. The van der Waals surface area contributed by atoms with Gasteiger partial charge in [-0.2, -0.15) is 13.2 Å². The molecule has 1 fully saturated rings. The second-order valence-electron chi connectivity index (χ2n) is 9.04. The Bertz CT molecular complexity index is 1380. The van der Waals surface area contributed by atoms with Crippen molar-refractivity contribution in [2.45, 2.75) is 12.7 Å². The van der Waals surface area contributed by atoms with Gasteiger partial charge in [-0.05, 0) is 55.1 Å².